The fourth-order valence-corrected chi connectivity index (χ4v) is 3.27. The van der Waals surface area contributed by atoms with E-state index in [1.54, 1.807) is 13.0 Å². The molecule has 0 saturated carbocycles. The largest absolute Gasteiger partial charge is 0.416 e. The number of halogens is 3. The first kappa shape index (κ1) is 21.8. The van der Waals surface area contributed by atoms with Crippen LogP contribution in [-0.4, -0.2) is 43.0 Å². The average Bonchev–Trinajstić information content (AvgIpc) is 2.68. The summed E-state index contributed by atoms with van der Waals surface area (Å²) < 4.78 is 45.4. The number of rotatable bonds is 5. The number of carbonyl (C=O) groups excluding carboxylic acids is 2. The monoisotopic (exact) mass is 421 g/mol. The molecule has 0 unspecified atom stereocenters. The topological polar surface area (TPSA) is 84.7 Å². The van der Waals surface area contributed by atoms with E-state index in [9.17, 15) is 22.8 Å². The van der Waals surface area contributed by atoms with Crippen molar-refractivity contribution in [3.8, 4) is 0 Å². The Bertz CT molecular complexity index is 954. The number of alkyl halides is 3. The van der Waals surface area contributed by atoms with Crippen LogP contribution in [0.25, 0.3) is 0 Å². The minimum absolute atomic E-state index is 0.0271. The van der Waals surface area contributed by atoms with E-state index in [0.717, 1.165) is 12.1 Å². The van der Waals surface area contributed by atoms with Crippen molar-refractivity contribution in [2.45, 2.75) is 19.6 Å². The van der Waals surface area contributed by atoms with Gasteiger partial charge in [0, 0.05) is 36.4 Å². The third kappa shape index (κ3) is 5.37. The first-order chi connectivity index (χ1) is 14.1. The van der Waals surface area contributed by atoms with Crippen molar-refractivity contribution >= 4 is 17.5 Å². The van der Waals surface area contributed by atoms with E-state index in [2.05, 4.69) is 5.32 Å². The number of nitrogens with two attached hydrogens (primary N) is 1. The van der Waals surface area contributed by atoms with Crippen molar-refractivity contribution in [1.29, 1.82) is 0 Å². The molecule has 0 bridgehead atoms. The van der Waals surface area contributed by atoms with Gasteiger partial charge in [-0.2, -0.15) is 13.2 Å². The summed E-state index contributed by atoms with van der Waals surface area (Å²) >= 11 is 0. The van der Waals surface area contributed by atoms with E-state index in [4.69, 9.17) is 10.5 Å². The molecule has 1 aliphatic rings. The van der Waals surface area contributed by atoms with Crippen LogP contribution >= 0.6 is 0 Å². The molecule has 3 N–H and O–H groups in total. The number of anilines is 1. The SMILES string of the molecule is Cc1ccc(C(=O)Nc2cc(CN3CCOCC3)cc(C(F)(F)F)c2)cc1C(N)=O. The minimum Gasteiger partial charge on any atom is -0.379 e. The Morgan fingerprint density at radius 2 is 1.83 bits per heavy atom. The summed E-state index contributed by atoms with van der Waals surface area (Å²) in [5.74, 6) is -1.32. The van der Waals surface area contributed by atoms with Gasteiger partial charge in [0.15, 0.2) is 0 Å². The van der Waals surface area contributed by atoms with E-state index in [0.29, 0.717) is 44.0 Å². The number of hydrogen-bond acceptors (Lipinski definition) is 4. The van der Waals surface area contributed by atoms with Crippen LogP contribution in [0.2, 0.25) is 0 Å². The molecule has 1 fully saturated rings. The number of nitrogens with zero attached hydrogens (tertiary/aromatic N) is 1. The smallest absolute Gasteiger partial charge is 0.379 e. The van der Waals surface area contributed by atoms with E-state index in [-0.39, 0.29) is 16.8 Å². The van der Waals surface area contributed by atoms with Gasteiger partial charge < -0.3 is 15.8 Å². The van der Waals surface area contributed by atoms with Gasteiger partial charge in [-0.15, -0.1) is 0 Å². The van der Waals surface area contributed by atoms with E-state index < -0.39 is 23.6 Å². The van der Waals surface area contributed by atoms with Crippen molar-refractivity contribution in [2.75, 3.05) is 31.6 Å². The second kappa shape index (κ2) is 8.85. The molecule has 0 spiro atoms. The molecule has 1 heterocycles. The van der Waals surface area contributed by atoms with Gasteiger partial charge in [-0.05, 0) is 48.4 Å². The molecule has 6 nitrogen and oxygen atoms in total. The predicted octanol–water partition coefficient (Wildman–Crippen LogP) is 3.20. The fraction of sp³-hybridized carbons (Fsp3) is 0.333. The lowest BCUT2D eigenvalue weighted by Gasteiger charge is -2.27. The summed E-state index contributed by atoms with van der Waals surface area (Å²) in [5.41, 5.74) is 5.83. The van der Waals surface area contributed by atoms with Gasteiger partial charge in [-0.25, -0.2) is 0 Å². The summed E-state index contributed by atoms with van der Waals surface area (Å²) in [5, 5.41) is 2.50. The molecule has 1 saturated heterocycles. The summed E-state index contributed by atoms with van der Waals surface area (Å²) in [6.07, 6.45) is -4.55. The lowest BCUT2D eigenvalue weighted by atomic mass is 10.0. The van der Waals surface area contributed by atoms with Crippen LogP contribution in [0.4, 0.5) is 18.9 Å². The van der Waals surface area contributed by atoms with Crippen LogP contribution in [0.1, 0.15) is 37.4 Å². The van der Waals surface area contributed by atoms with Gasteiger partial charge in [0.1, 0.15) is 0 Å². The predicted molar refractivity (Wildman–Crippen MR) is 105 cm³/mol. The van der Waals surface area contributed by atoms with Gasteiger partial charge in [-0.1, -0.05) is 6.07 Å². The molecule has 1 aliphatic heterocycles. The van der Waals surface area contributed by atoms with Crippen molar-refractivity contribution in [2.24, 2.45) is 5.73 Å². The number of primary amides is 1. The van der Waals surface area contributed by atoms with Crippen LogP contribution < -0.4 is 11.1 Å². The molecule has 0 atom stereocenters. The summed E-state index contributed by atoms with van der Waals surface area (Å²) in [6, 6.07) is 7.87. The maximum absolute atomic E-state index is 13.4. The van der Waals surface area contributed by atoms with Gasteiger partial charge in [0.2, 0.25) is 5.91 Å². The maximum atomic E-state index is 13.4. The summed E-state index contributed by atoms with van der Waals surface area (Å²) in [4.78, 5) is 26.1. The van der Waals surface area contributed by atoms with Crippen LogP contribution in [0.3, 0.4) is 0 Å². The van der Waals surface area contributed by atoms with Crippen molar-refractivity contribution < 1.29 is 27.5 Å². The van der Waals surface area contributed by atoms with E-state index in [1.165, 1.54) is 18.2 Å². The Kier molecular flexibility index (Phi) is 6.42. The van der Waals surface area contributed by atoms with Crippen LogP contribution in [0.5, 0.6) is 0 Å². The molecule has 3 rings (SSSR count). The second-order valence-electron chi connectivity index (χ2n) is 7.15. The first-order valence-electron chi connectivity index (χ1n) is 9.36. The Morgan fingerprint density at radius 1 is 1.13 bits per heavy atom. The number of hydrogen-bond donors (Lipinski definition) is 2. The lowest BCUT2D eigenvalue weighted by molar-refractivity contribution is -0.137. The number of carbonyl (C=O) groups is 2. The van der Waals surface area contributed by atoms with Gasteiger partial charge in [0.05, 0.1) is 18.8 Å². The number of aryl methyl sites for hydroxylation is 1. The molecule has 160 valence electrons. The highest BCUT2D eigenvalue weighted by Crippen LogP contribution is 2.32. The highest BCUT2D eigenvalue weighted by molar-refractivity contribution is 6.06. The molecule has 9 heteroatoms. The molecular weight excluding hydrogens is 399 g/mol. The third-order valence-electron chi connectivity index (χ3n) is 4.85. The Hall–Kier alpha value is -2.91. The molecule has 0 aliphatic carbocycles. The minimum atomic E-state index is -4.55. The molecule has 0 radical (unpaired) electrons. The average molecular weight is 421 g/mol. The molecule has 2 amide bonds. The Morgan fingerprint density at radius 3 is 2.47 bits per heavy atom. The van der Waals surface area contributed by atoms with Crippen molar-refractivity contribution in [3.05, 3.63) is 64.2 Å². The van der Waals surface area contributed by atoms with Crippen molar-refractivity contribution in [1.82, 2.24) is 4.90 Å². The number of benzene rings is 2. The van der Waals surface area contributed by atoms with Crippen molar-refractivity contribution in [3.63, 3.8) is 0 Å². The summed E-state index contributed by atoms with van der Waals surface area (Å²) in [6.45, 7) is 4.28. The molecule has 30 heavy (non-hydrogen) atoms. The highest BCUT2D eigenvalue weighted by Gasteiger charge is 2.31. The Labute approximate surface area is 171 Å². The third-order valence-corrected chi connectivity index (χ3v) is 4.85. The zero-order valence-electron chi connectivity index (χ0n) is 16.4. The highest BCUT2D eigenvalue weighted by atomic mass is 19.4. The number of ether oxygens (including phenoxy) is 1. The zero-order chi connectivity index (χ0) is 21.9. The van der Waals surface area contributed by atoms with Crippen LogP contribution in [-0.2, 0) is 17.5 Å². The number of amides is 2. The molecule has 2 aromatic carbocycles. The zero-order valence-corrected chi connectivity index (χ0v) is 16.4. The molecular formula is C21H22F3N3O3. The molecule has 0 aromatic heterocycles. The Balaban J connectivity index is 1.86. The standard InChI is InChI=1S/C21H22F3N3O3/c1-13-2-3-15(10-18(13)19(25)28)20(29)26-17-9-14(8-16(11-17)21(22,23)24)12-27-4-6-30-7-5-27/h2-3,8-11H,4-7,12H2,1H3,(H2,25,28)(H,26,29). The van der Waals surface area contributed by atoms with Gasteiger partial charge >= 0.3 is 6.18 Å². The van der Waals surface area contributed by atoms with Crippen LogP contribution in [0, 0.1) is 6.92 Å². The van der Waals surface area contributed by atoms with Gasteiger partial charge in [-0.3, -0.25) is 14.5 Å². The van der Waals surface area contributed by atoms with E-state index in [1.807, 2.05) is 4.90 Å². The number of morpholine rings is 1. The fourth-order valence-electron chi connectivity index (χ4n) is 3.27. The molecule has 2 aromatic rings. The lowest BCUT2D eigenvalue weighted by Crippen LogP contribution is -2.35. The first-order valence-corrected chi connectivity index (χ1v) is 9.36. The number of nitrogens with one attached hydrogen (secondary N) is 1. The normalized spacial score (nSPS) is 15.1. The van der Waals surface area contributed by atoms with Gasteiger partial charge in [0.25, 0.3) is 5.91 Å². The summed E-state index contributed by atoms with van der Waals surface area (Å²) in [7, 11) is 0. The van der Waals surface area contributed by atoms with E-state index >= 15 is 0 Å². The maximum Gasteiger partial charge on any atom is 0.416 e. The van der Waals surface area contributed by atoms with Crippen LogP contribution in [0.15, 0.2) is 36.4 Å². The quantitative estimate of drug-likeness (QED) is 0.777. The second-order valence-corrected chi connectivity index (χ2v) is 7.15.